The molecule has 126 valence electrons. The number of nitriles is 2. The van der Waals surface area contributed by atoms with Crippen molar-refractivity contribution in [2.75, 3.05) is 5.73 Å². The molecule has 0 amide bonds. The molecule has 0 radical (unpaired) electrons. The molecule has 8 heteroatoms. The van der Waals surface area contributed by atoms with Crippen molar-refractivity contribution in [3.63, 3.8) is 0 Å². The van der Waals surface area contributed by atoms with E-state index >= 15 is 0 Å². The normalized spacial score (nSPS) is 17.0. The van der Waals surface area contributed by atoms with Gasteiger partial charge in [-0.1, -0.05) is 11.8 Å². The van der Waals surface area contributed by atoms with Gasteiger partial charge in [0.15, 0.2) is 5.69 Å². The average Bonchev–Trinajstić information content (AvgIpc) is 3.38. The first-order valence-electron chi connectivity index (χ1n) is 7.47. The summed E-state index contributed by atoms with van der Waals surface area (Å²) in [4.78, 5) is 13.5. The largest absolute Gasteiger partial charge is 0.396 e. The van der Waals surface area contributed by atoms with E-state index in [1.807, 2.05) is 45.8 Å². The van der Waals surface area contributed by atoms with Crippen LogP contribution in [-0.4, -0.2) is 10.5 Å². The van der Waals surface area contributed by atoms with Gasteiger partial charge in [-0.3, -0.25) is 9.36 Å². The van der Waals surface area contributed by atoms with Crippen LogP contribution < -0.4 is 16.3 Å². The summed E-state index contributed by atoms with van der Waals surface area (Å²) >= 11 is 4.23. The number of carbonyl (C=O) groups excluding carboxylic acids is 1. The summed E-state index contributed by atoms with van der Waals surface area (Å²) < 4.78 is 1.31. The maximum absolute atomic E-state index is 13.1. The molecule has 1 aliphatic heterocycles. The molecule has 0 spiro atoms. The number of thioether (sulfide) groups is 1. The molecule has 4 rings (SSSR count). The second-order valence-electron chi connectivity index (χ2n) is 5.51. The highest BCUT2D eigenvalue weighted by molar-refractivity contribution is 8.09. The van der Waals surface area contributed by atoms with E-state index in [2.05, 4.69) is 6.07 Å². The van der Waals surface area contributed by atoms with E-state index in [1.54, 1.807) is 0 Å². The van der Waals surface area contributed by atoms with E-state index < -0.39 is 5.25 Å². The van der Waals surface area contributed by atoms with Crippen LogP contribution in [-0.2, 0) is 0 Å². The molecule has 0 fully saturated rings. The molecule has 1 unspecified atom stereocenters. The fraction of sp³-hybridized carbons (Fsp3) is 0.0556. The first-order valence-corrected chi connectivity index (χ1v) is 10.2. The van der Waals surface area contributed by atoms with Gasteiger partial charge in [-0.15, -0.1) is 0 Å². The lowest BCUT2D eigenvalue weighted by Gasteiger charge is -2.20. The lowest BCUT2D eigenvalue weighted by Crippen LogP contribution is -2.40. The van der Waals surface area contributed by atoms with Gasteiger partial charge >= 0.3 is 0 Å². The minimum atomic E-state index is -0.559. The summed E-state index contributed by atoms with van der Waals surface area (Å²) in [5.41, 5.74) is 8.24. The monoisotopic (exact) mass is 394 g/mol. The van der Waals surface area contributed by atoms with E-state index in [4.69, 9.17) is 5.73 Å². The number of aromatic nitrogens is 1. The van der Waals surface area contributed by atoms with Crippen molar-refractivity contribution in [1.29, 1.82) is 10.5 Å². The van der Waals surface area contributed by atoms with Gasteiger partial charge in [0.25, 0.3) is 0 Å². The highest BCUT2D eigenvalue weighted by Crippen LogP contribution is 2.39. The summed E-state index contributed by atoms with van der Waals surface area (Å²) in [6, 6.07) is 7.99. The molecule has 0 aromatic carbocycles. The topological polar surface area (TPSA) is 95.6 Å². The third-order valence-electron chi connectivity index (χ3n) is 4.05. The zero-order valence-corrected chi connectivity index (χ0v) is 15.6. The smallest absolute Gasteiger partial charge is 0.250 e. The number of rotatable bonds is 2. The SMILES string of the molecule is N#CC1=c2/c(=C/c3ccsc3)c(N)c(C#N)n2C(=O)C(c2ccsc2)S1. The van der Waals surface area contributed by atoms with E-state index in [1.165, 1.54) is 39.0 Å². The summed E-state index contributed by atoms with van der Waals surface area (Å²) in [7, 11) is 0. The highest BCUT2D eigenvalue weighted by Gasteiger charge is 2.34. The van der Waals surface area contributed by atoms with Crippen molar-refractivity contribution in [2.24, 2.45) is 0 Å². The Morgan fingerprint density at radius 3 is 2.54 bits per heavy atom. The molecule has 1 aliphatic rings. The van der Waals surface area contributed by atoms with E-state index in [0.29, 0.717) is 15.5 Å². The summed E-state index contributed by atoms with van der Waals surface area (Å²) in [5, 5.41) is 27.3. The summed E-state index contributed by atoms with van der Waals surface area (Å²) in [5.74, 6) is -0.254. The van der Waals surface area contributed by atoms with Crippen LogP contribution in [0.1, 0.15) is 26.9 Å². The van der Waals surface area contributed by atoms with Crippen molar-refractivity contribution >= 4 is 57.0 Å². The zero-order valence-electron chi connectivity index (χ0n) is 13.2. The maximum atomic E-state index is 13.1. The molecule has 2 N–H and O–H groups in total. The summed E-state index contributed by atoms with van der Waals surface area (Å²) in [6.07, 6.45) is 1.81. The minimum Gasteiger partial charge on any atom is -0.396 e. The number of carbonyl (C=O) groups is 1. The van der Waals surface area contributed by atoms with Crippen LogP contribution in [0.3, 0.4) is 0 Å². The van der Waals surface area contributed by atoms with Gasteiger partial charge in [-0.25, -0.2) is 0 Å². The van der Waals surface area contributed by atoms with Crippen LogP contribution in [0, 0.1) is 22.7 Å². The maximum Gasteiger partial charge on any atom is 0.250 e. The van der Waals surface area contributed by atoms with Crippen molar-refractivity contribution in [3.05, 3.63) is 61.0 Å². The Balaban J connectivity index is 2.08. The Bertz CT molecular complexity index is 1210. The number of thiophene rings is 2. The zero-order chi connectivity index (χ0) is 18.3. The number of nitrogens with zero attached hydrogens (tertiary/aromatic N) is 3. The molecular formula is C18H10N4OS3. The van der Waals surface area contributed by atoms with Gasteiger partial charge in [-0.2, -0.15) is 33.2 Å². The third kappa shape index (κ3) is 2.47. The number of nitrogen functional groups attached to an aromatic ring is 1. The minimum absolute atomic E-state index is 0.0831. The number of anilines is 1. The summed E-state index contributed by atoms with van der Waals surface area (Å²) in [6.45, 7) is 0. The number of hydrogen-bond acceptors (Lipinski definition) is 7. The molecule has 1 atom stereocenters. The molecule has 0 saturated heterocycles. The fourth-order valence-corrected chi connectivity index (χ4v) is 5.37. The van der Waals surface area contributed by atoms with Crippen LogP contribution in [0.5, 0.6) is 0 Å². The molecule has 5 nitrogen and oxygen atoms in total. The van der Waals surface area contributed by atoms with Crippen molar-refractivity contribution in [1.82, 2.24) is 4.57 Å². The number of fused-ring (bicyclic) bond motifs is 1. The first-order chi connectivity index (χ1) is 12.7. The number of hydrogen-bond donors (Lipinski definition) is 1. The molecular weight excluding hydrogens is 384 g/mol. The van der Waals surface area contributed by atoms with Crippen molar-refractivity contribution in [3.8, 4) is 12.1 Å². The van der Waals surface area contributed by atoms with Crippen LogP contribution >= 0.6 is 34.4 Å². The third-order valence-corrected chi connectivity index (χ3v) is 6.68. The first kappa shape index (κ1) is 16.7. The van der Waals surface area contributed by atoms with E-state index in [9.17, 15) is 15.3 Å². The Hall–Kier alpha value is -2.78. The van der Waals surface area contributed by atoms with E-state index in [-0.39, 0.29) is 17.3 Å². The predicted octanol–water partition coefficient (Wildman–Crippen LogP) is 2.65. The Kier molecular flexibility index (Phi) is 4.17. The van der Waals surface area contributed by atoms with Gasteiger partial charge in [0.1, 0.15) is 22.3 Å². The Morgan fingerprint density at radius 1 is 1.15 bits per heavy atom. The second kappa shape index (κ2) is 6.50. The van der Waals surface area contributed by atoms with Crippen LogP contribution in [0.25, 0.3) is 11.0 Å². The van der Waals surface area contributed by atoms with Gasteiger partial charge < -0.3 is 5.73 Å². The number of nitrogens with two attached hydrogens (primary N) is 1. The van der Waals surface area contributed by atoms with Crippen LogP contribution in [0.2, 0.25) is 0 Å². The van der Waals surface area contributed by atoms with Crippen molar-refractivity contribution in [2.45, 2.75) is 5.25 Å². The molecule has 3 aromatic heterocycles. The van der Waals surface area contributed by atoms with Gasteiger partial charge in [0.2, 0.25) is 5.91 Å². The Labute approximate surface area is 160 Å². The fourth-order valence-electron chi connectivity index (χ4n) is 2.89. The molecule has 0 bridgehead atoms. The lowest BCUT2D eigenvalue weighted by atomic mass is 10.2. The molecule has 26 heavy (non-hydrogen) atoms. The Morgan fingerprint density at radius 2 is 1.92 bits per heavy atom. The second-order valence-corrected chi connectivity index (χ2v) is 8.18. The molecule has 3 aromatic rings. The quantitative estimate of drug-likeness (QED) is 0.721. The van der Waals surface area contributed by atoms with Gasteiger partial charge in [0.05, 0.1) is 11.0 Å². The standard InChI is InChI=1S/C18H10N4OS3/c19-6-13-15(21)12(5-10-1-3-24-8-10)16-14(7-20)26-17(18(23)22(13)16)11-2-4-25-9-11/h1-5,8-9,17H,21H2/b12-5+. The lowest BCUT2D eigenvalue weighted by molar-refractivity contribution is 0.0905. The molecule has 0 aliphatic carbocycles. The molecule has 0 saturated carbocycles. The van der Waals surface area contributed by atoms with Crippen molar-refractivity contribution < 1.29 is 4.79 Å². The van der Waals surface area contributed by atoms with E-state index in [0.717, 1.165) is 11.1 Å². The van der Waals surface area contributed by atoms with Gasteiger partial charge in [-0.05, 0) is 50.9 Å². The van der Waals surface area contributed by atoms with Crippen LogP contribution in [0.4, 0.5) is 5.69 Å². The van der Waals surface area contributed by atoms with Gasteiger partial charge in [0, 0.05) is 5.22 Å². The highest BCUT2D eigenvalue weighted by atomic mass is 32.2. The van der Waals surface area contributed by atoms with Crippen LogP contribution in [0.15, 0.2) is 33.7 Å². The average molecular weight is 395 g/mol. The predicted molar refractivity (Wildman–Crippen MR) is 105 cm³/mol. The molecule has 4 heterocycles.